The molecule has 26 heavy (non-hydrogen) atoms. The zero-order valence-electron chi connectivity index (χ0n) is 15.4. The Hall–Kier alpha value is -2.20. The van der Waals surface area contributed by atoms with Gasteiger partial charge in [-0.1, -0.05) is 36.4 Å². The smallest absolute Gasteiger partial charge is 0.223 e. The third-order valence-electron chi connectivity index (χ3n) is 5.06. The number of carbonyl (C=O) groups excluding carboxylic acids is 1. The Kier molecular flexibility index (Phi) is 7.20. The summed E-state index contributed by atoms with van der Waals surface area (Å²) in [6, 6.07) is 16.7. The molecule has 0 bridgehead atoms. The van der Waals surface area contributed by atoms with E-state index in [0.717, 1.165) is 50.9 Å². The highest BCUT2D eigenvalue weighted by molar-refractivity contribution is 5.76. The zero-order chi connectivity index (χ0) is 18.0. The third-order valence-corrected chi connectivity index (χ3v) is 5.06. The first-order valence-electron chi connectivity index (χ1n) is 9.77. The van der Waals surface area contributed by atoms with Crippen molar-refractivity contribution in [2.45, 2.75) is 51.1 Å². The molecule has 4 heteroatoms. The summed E-state index contributed by atoms with van der Waals surface area (Å²) in [5.41, 5.74) is 2.27. The van der Waals surface area contributed by atoms with Crippen LogP contribution >= 0.6 is 0 Å². The quantitative estimate of drug-likeness (QED) is 0.829. The van der Waals surface area contributed by atoms with Crippen LogP contribution < -0.4 is 5.32 Å². The number of amides is 1. The van der Waals surface area contributed by atoms with Crippen molar-refractivity contribution >= 4 is 5.91 Å². The fourth-order valence-corrected chi connectivity index (χ4v) is 3.63. The summed E-state index contributed by atoms with van der Waals surface area (Å²) >= 11 is 0. The van der Waals surface area contributed by atoms with Crippen LogP contribution in [0.4, 0.5) is 0 Å². The molecular formula is C22H29N3O. The topological polar surface area (TPSA) is 45.2 Å². The summed E-state index contributed by atoms with van der Waals surface area (Å²) in [7, 11) is 0. The molecule has 1 aromatic heterocycles. The molecule has 1 amide bonds. The van der Waals surface area contributed by atoms with Crippen LogP contribution in [0.15, 0.2) is 54.7 Å². The Morgan fingerprint density at radius 2 is 1.92 bits per heavy atom. The van der Waals surface area contributed by atoms with Crippen molar-refractivity contribution in [2.75, 3.05) is 13.1 Å². The maximum Gasteiger partial charge on any atom is 0.223 e. The van der Waals surface area contributed by atoms with Gasteiger partial charge in [0, 0.05) is 18.7 Å². The van der Waals surface area contributed by atoms with E-state index in [1.54, 1.807) is 0 Å². The summed E-state index contributed by atoms with van der Waals surface area (Å²) < 4.78 is 0. The lowest BCUT2D eigenvalue weighted by atomic mass is 10.0. The minimum atomic E-state index is 0.262. The molecule has 1 aliphatic heterocycles. The second-order valence-corrected chi connectivity index (χ2v) is 7.02. The number of nitrogens with zero attached hydrogens (tertiary/aromatic N) is 2. The van der Waals surface area contributed by atoms with Gasteiger partial charge in [0.05, 0.1) is 12.2 Å². The maximum absolute atomic E-state index is 13.0. The SMILES string of the molecule is O=C(CCCc1ccccc1)N(Cc1ccccn1)C1CCCNCC1. The molecule has 138 valence electrons. The van der Waals surface area contributed by atoms with Crippen molar-refractivity contribution in [1.82, 2.24) is 15.2 Å². The summed E-state index contributed by atoms with van der Waals surface area (Å²) in [5.74, 6) is 0.262. The average Bonchev–Trinajstić information content (AvgIpc) is 2.97. The van der Waals surface area contributed by atoms with Gasteiger partial charge in [0.1, 0.15) is 0 Å². The Morgan fingerprint density at radius 3 is 2.73 bits per heavy atom. The summed E-state index contributed by atoms with van der Waals surface area (Å²) in [6.07, 6.45) is 7.48. The van der Waals surface area contributed by atoms with Gasteiger partial charge in [-0.05, 0) is 62.9 Å². The van der Waals surface area contributed by atoms with Gasteiger partial charge in [0.15, 0.2) is 0 Å². The number of aryl methyl sites for hydroxylation is 1. The Balaban J connectivity index is 1.62. The van der Waals surface area contributed by atoms with Crippen molar-refractivity contribution in [1.29, 1.82) is 0 Å². The predicted molar refractivity (Wildman–Crippen MR) is 105 cm³/mol. The third kappa shape index (κ3) is 5.67. The molecule has 3 rings (SSSR count). The van der Waals surface area contributed by atoms with Gasteiger partial charge in [-0.15, -0.1) is 0 Å². The highest BCUT2D eigenvalue weighted by Gasteiger charge is 2.24. The first kappa shape index (κ1) is 18.6. The van der Waals surface area contributed by atoms with E-state index >= 15 is 0 Å². The summed E-state index contributed by atoms with van der Waals surface area (Å²) in [4.78, 5) is 19.5. The number of hydrogen-bond acceptors (Lipinski definition) is 3. The van der Waals surface area contributed by atoms with Crippen LogP contribution in [-0.4, -0.2) is 34.9 Å². The molecule has 2 aromatic rings. The van der Waals surface area contributed by atoms with Crippen LogP contribution in [-0.2, 0) is 17.8 Å². The number of aromatic nitrogens is 1. The normalized spacial score (nSPS) is 17.5. The molecule has 1 fully saturated rings. The Bertz CT molecular complexity index is 652. The van der Waals surface area contributed by atoms with Crippen LogP contribution in [0.3, 0.4) is 0 Å². The van der Waals surface area contributed by atoms with Gasteiger partial charge in [-0.3, -0.25) is 9.78 Å². The number of pyridine rings is 1. The molecule has 1 saturated heterocycles. The second kappa shape index (κ2) is 10.1. The minimum absolute atomic E-state index is 0.262. The van der Waals surface area contributed by atoms with Crippen LogP contribution in [0.25, 0.3) is 0 Å². The fraction of sp³-hybridized carbons (Fsp3) is 0.455. The van der Waals surface area contributed by atoms with Crippen molar-refractivity contribution in [3.63, 3.8) is 0 Å². The highest BCUT2D eigenvalue weighted by Crippen LogP contribution is 2.18. The first-order valence-corrected chi connectivity index (χ1v) is 9.77. The lowest BCUT2D eigenvalue weighted by Gasteiger charge is -2.31. The van der Waals surface area contributed by atoms with E-state index in [1.165, 1.54) is 5.56 Å². The summed E-state index contributed by atoms with van der Waals surface area (Å²) in [5, 5.41) is 3.45. The standard InChI is InChI=1S/C22H29N3O/c26-22(13-6-10-19-8-2-1-3-9-19)25(18-20-11-4-5-16-24-20)21-12-7-15-23-17-14-21/h1-5,8-9,11,16,21,23H,6-7,10,12-15,17-18H2. The van der Waals surface area contributed by atoms with E-state index < -0.39 is 0 Å². The lowest BCUT2D eigenvalue weighted by Crippen LogP contribution is -2.40. The number of rotatable bonds is 7. The number of carbonyl (C=O) groups is 1. The van der Waals surface area contributed by atoms with E-state index in [2.05, 4.69) is 39.5 Å². The summed E-state index contributed by atoms with van der Waals surface area (Å²) in [6.45, 7) is 2.66. The maximum atomic E-state index is 13.0. The highest BCUT2D eigenvalue weighted by atomic mass is 16.2. The molecule has 1 N–H and O–H groups in total. The Labute approximate surface area is 156 Å². The van der Waals surface area contributed by atoms with Crippen LogP contribution in [0, 0.1) is 0 Å². The zero-order valence-corrected chi connectivity index (χ0v) is 15.4. The molecule has 0 aliphatic carbocycles. The van der Waals surface area contributed by atoms with Crippen LogP contribution in [0.2, 0.25) is 0 Å². The van der Waals surface area contributed by atoms with Crippen LogP contribution in [0.1, 0.15) is 43.4 Å². The van der Waals surface area contributed by atoms with E-state index in [4.69, 9.17) is 0 Å². The molecule has 0 spiro atoms. The van der Waals surface area contributed by atoms with Gasteiger partial charge in [0.2, 0.25) is 5.91 Å². The number of hydrogen-bond donors (Lipinski definition) is 1. The molecule has 0 saturated carbocycles. The van der Waals surface area contributed by atoms with Gasteiger partial charge in [-0.2, -0.15) is 0 Å². The van der Waals surface area contributed by atoms with Crippen LogP contribution in [0.5, 0.6) is 0 Å². The van der Waals surface area contributed by atoms with Crippen molar-refractivity contribution in [3.05, 3.63) is 66.0 Å². The minimum Gasteiger partial charge on any atom is -0.334 e. The van der Waals surface area contributed by atoms with Gasteiger partial charge in [0.25, 0.3) is 0 Å². The van der Waals surface area contributed by atoms with Crippen molar-refractivity contribution < 1.29 is 4.79 Å². The van der Waals surface area contributed by atoms with Gasteiger partial charge in [-0.25, -0.2) is 0 Å². The van der Waals surface area contributed by atoms with Crippen molar-refractivity contribution in [2.24, 2.45) is 0 Å². The second-order valence-electron chi connectivity index (χ2n) is 7.02. The molecule has 1 aromatic carbocycles. The molecule has 0 radical (unpaired) electrons. The number of benzene rings is 1. The first-order chi connectivity index (χ1) is 12.8. The van der Waals surface area contributed by atoms with Crippen molar-refractivity contribution in [3.8, 4) is 0 Å². The molecule has 1 atom stereocenters. The van der Waals surface area contributed by atoms with E-state index in [0.29, 0.717) is 19.0 Å². The molecule has 4 nitrogen and oxygen atoms in total. The average molecular weight is 351 g/mol. The Morgan fingerprint density at radius 1 is 1.08 bits per heavy atom. The van der Waals surface area contributed by atoms with E-state index in [9.17, 15) is 4.79 Å². The monoisotopic (exact) mass is 351 g/mol. The lowest BCUT2D eigenvalue weighted by molar-refractivity contribution is -0.134. The fourth-order valence-electron chi connectivity index (χ4n) is 3.63. The van der Waals surface area contributed by atoms with E-state index in [-0.39, 0.29) is 5.91 Å². The van der Waals surface area contributed by atoms with Gasteiger partial charge < -0.3 is 10.2 Å². The molecule has 1 unspecified atom stereocenters. The molecular weight excluding hydrogens is 322 g/mol. The predicted octanol–water partition coefficient (Wildman–Crippen LogP) is 3.58. The molecule has 1 aliphatic rings. The largest absolute Gasteiger partial charge is 0.334 e. The molecule has 2 heterocycles. The van der Waals surface area contributed by atoms with Gasteiger partial charge >= 0.3 is 0 Å². The van der Waals surface area contributed by atoms with E-state index in [1.807, 2.05) is 30.5 Å². The number of nitrogens with one attached hydrogen (secondary N) is 1.